The second kappa shape index (κ2) is 14.0. The fraction of sp³-hybridized carbons (Fsp3) is 0.686. The van der Waals surface area contributed by atoms with Crippen molar-refractivity contribution in [2.75, 3.05) is 13.2 Å². The van der Waals surface area contributed by atoms with Gasteiger partial charge in [-0.3, -0.25) is 23.8 Å². The van der Waals surface area contributed by atoms with Gasteiger partial charge in [-0.15, -0.1) is 0 Å². The van der Waals surface area contributed by atoms with Gasteiger partial charge in [0.05, 0.1) is 37.3 Å². The first kappa shape index (κ1) is 33.1. The van der Waals surface area contributed by atoms with Crippen molar-refractivity contribution in [2.45, 2.75) is 109 Å². The van der Waals surface area contributed by atoms with Gasteiger partial charge in [-0.1, -0.05) is 32.1 Å². The van der Waals surface area contributed by atoms with E-state index in [1.165, 1.54) is 6.42 Å². The fourth-order valence-electron chi connectivity index (χ4n) is 8.12. The van der Waals surface area contributed by atoms with Gasteiger partial charge in [0.1, 0.15) is 11.3 Å². The molecule has 2 N–H and O–H groups in total. The van der Waals surface area contributed by atoms with E-state index in [0.717, 1.165) is 32.1 Å². The standard InChI is InChI=1S/C35H48FN3O6/c1-35(2,3)45-31(41)17-25(19-36)21-9-11-23(12-10-21)33(42)39-14-13-27(22-7-5-4-6-8-22)32(39)30(40)18-26-15-24-16-28(34(43)44)38-29(24)20-37-26/h15-16,20-23,25,27,32,38H,4-14,17-19H2,1-3H3,(H,43,44)/t21?,23?,25-,27+,32+/m1/s1. The lowest BCUT2D eigenvalue weighted by Gasteiger charge is -2.37. The molecule has 1 amide bonds. The van der Waals surface area contributed by atoms with Crippen LogP contribution in [-0.4, -0.2) is 68.5 Å². The number of hydrogen-bond acceptors (Lipinski definition) is 6. The Morgan fingerprint density at radius 1 is 1.04 bits per heavy atom. The van der Waals surface area contributed by atoms with E-state index in [1.807, 2.05) is 4.90 Å². The third-order valence-corrected chi connectivity index (χ3v) is 10.3. The zero-order chi connectivity index (χ0) is 32.3. The summed E-state index contributed by atoms with van der Waals surface area (Å²) in [7, 11) is 0. The summed E-state index contributed by atoms with van der Waals surface area (Å²) in [6, 6.07) is 2.80. The van der Waals surface area contributed by atoms with Crippen LogP contribution in [0.15, 0.2) is 18.3 Å². The number of aromatic amines is 1. The minimum absolute atomic E-state index is 0.0131. The number of rotatable bonds is 10. The number of nitrogens with zero attached hydrogens (tertiary/aromatic N) is 2. The van der Waals surface area contributed by atoms with Crippen molar-refractivity contribution in [3.63, 3.8) is 0 Å². The number of aromatic nitrogens is 2. The van der Waals surface area contributed by atoms with Crippen LogP contribution >= 0.6 is 0 Å². The Labute approximate surface area is 264 Å². The third-order valence-electron chi connectivity index (χ3n) is 10.3. The maximum absolute atomic E-state index is 14.1. The molecule has 10 heteroatoms. The average molecular weight is 626 g/mol. The normalized spacial score (nSPS) is 25.3. The number of fused-ring (bicyclic) bond motifs is 1. The first-order valence-corrected chi connectivity index (χ1v) is 16.8. The van der Waals surface area contributed by atoms with Crippen molar-refractivity contribution < 1.29 is 33.4 Å². The summed E-state index contributed by atoms with van der Waals surface area (Å²) < 4.78 is 19.5. The molecule has 2 aromatic rings. The number of hydrogen-bond donors (Lipinski definition) is 2. The number of esters is 1. The number of carboxylic acids is 1. The number of halogens is 1. The second-order valence-corrected chi connectivity index (χ2v) is 14.5. The maximum atomic E-state index is 14.1. The highest BCUT2D eigenvalue weighted by molar-refractivity contribution is 5.95. The Morgan fingerprint density at radius 3 is 2.40 bits per heavy atom. The van der Waals surface area contributed by atoms with Crippen molar-refractivity contribution in [1.29, 1.82) is 0 Å². The molecule has 1 saturated heterocycles. The number of aromatic carboxylic acids is 1. The van der Waals surface area contributed by atoms with E-state index in [4.69, 9.17) is 4.74 Å². The number of pyridine rings is 1. The van der Waals surface area contributed by atoms with Crippen LogP contribution in [0.3, 0.4) is 0 Å². The van der Waals surface area contributed by atoms with Crippen molar-refractivity contribution in [3.05, 3.63) is 29.7 Å². The molecular weight excluding hydrogens is 577 g/mol. The number of amides is 1. The molecule has 3 atom stereocenters. The van der Waals surface area contributed by atoms with E-state index in [0.29, 0.717) is 54.7 Å². The van der Waals surface area contributed by atoms with Crippen LogP contribution in [0, 0.1) is 29.6 Å². The second-order valence-electron chi connectivity index (χ2n) is 14.5. The fourth-order valence-corrected chi connectivity index (χ4v) is 8.12. The number of carboxylic acid groups (broad SMARTS) is 1. The van der Waals surface area contributed by atoms with Gasteiger partial charge < -0.3 is 19.7 Å². The van der Waals surface area contributed by atoms with Crippen LogP contribution in [0.5, 0.6) is 0 Å². The Bertz CT molecular complexity index is 1390. The molecule has 0 spiro atoms. The third kappa shape index (κ3) is 7.93. The molecule has 3 heterocycles. The molecule has 2 aliphatic carbocycles. The molecule has 3 fully saturated rings. The molecule has 0 radical (unpaired) electrons. The molecule has 2 saturated carbocycles. The number of alkyl halides is 1. The van der Waals surface area contributed by atoms with Gasteiger partial charge in [-0.2, -0.15) is 0 Å². The zero-order valence-corrected chi connectivity index (χ0v) is 26.9. The number of carbonyl (C=O) groups excluding carboxylic acids is 3. The lowest BCUT2D eigenvalue weighted by atomic mass is 9.74. The summed E-state index contributed by atoms with van der Waals surface area (Å²) in [4.78, 5) is 61.1. The monoisotopic (exact) mass is 625 g/mol. The highest BCUT2D eigenvalue weighted by atomic mass is 19.1. The van der Waals surface area contributed by atoms with Crippen LogP contribution in [-0.2, 0) is 25.5 Å². The number of H-pyrrole nitrogens is 1. The Kier molecular flexibility index (Phi) is 10.3. The van der Waals surface area contributed by atoms with Crippen LogP contribution in [0.1, 0.15) is 108 Å². The van der Waals surface area contributed by atoms with Crippen LogP contribution < -0.4 is 0 Å². The summed E-state index contributed by atoms with van der Waals surface area (Å²) >= 11 is 0. The van der Waals surface area contributed by atoms with E-state index in [-0.39, 0.29) is 53.9 Å². The van der Waals surface area contributed by atoms with Crippen LogP contribution in [0.25, 0.3) is 10.9 Å². The van der Waals surface area contributed by atoms with Gasteiger partial charge in [0.2, 0.25) is 5.91 Å². The quantitative estimate of drug-likeness (QED) is 0.297. The Hall–Kier alpha value is -3.30. The summed E-state index contributed by atoms with van der Waals surface area (Å²) in [6.45, 7) is 5.38. The van der Waals surface area contributed by atoms with Crippen molar-refractivity contribution in [1.82, 2.24) is 14.9 Å². The maximum Gasteiger partial charge on any atom is 0.352 e. The van der Waals surface area contributed by atoms with Crippen molar-refractivity contribution >= 4 is 34.5 Å². The molecule has 246 valence electrons. The number of ketones is 1. The van der Waals surface area contributed by atoms with Gasteiger partial charge in [0.25, 0.3) is 0 Å². The van der Waals surface area contributed by atoms with Gasteiger partial charge >= 0.3 is 11.9 Å². The van der Waals surface area contributed by atoms with E-state index in [2.05, 4.69) is 9.97 Å². The molecule has 5 rings (SSSR count). The topological polar surface area (TPSA) is 130 Å². The van der Waals surface area contributed by atoms with Crippen molar-refractivity contribution in [2.24, 2.45) is 29.6 Å². The number of Topliss-reactive ketones (excluding diaryl/α,β-unsaturated/α-hetero) is 1. The van der Waals surface area contributed by atoms with Crippen LogP contribution in [0.4, 0.5) is 4.39 Å². The van der Waals surface area contributed by atoms with Gasteiger partial charge in [-0.25, -0.2) is 4.79 Å². The number of likely N-dealkylation sites (tertiary alicyclic amines) is 1. The molecule has 0 aromatic carbocycles. The zero-order valence-electron chi connectivity index (χ0n) is 26.9. The molecule has 45 heavy (non-hydrogen) atoms. The van der Waals surface area contributed by atoms with Gasteiger partial charge in [0, 0.05) is 29.5 Å². The highest BCUT2D eigenvalue weighted by Crippen LogP contribution is 2.42. The van der Waals surface area contributed by atoms with Gasteiger partial charge in [-0.05, 0) is 82.8 Å². The average Bonchev–Trinajstić information content (AvgIpc) is 3.64. The first-order valence-electron chi connectivity index (χ1n) is 16.8. The predicted octanol–water partition coefficient (Wildman–Crippen LogP) is 6.29. The minimum Gasteiger partial charge on any atom is -0.477 e. The molecule has 2 aromatic heterocycles. The molecule has 3 aliphatic rings. The molecule has 9 nitrogen and oxygen atoms in total. The lowest BCUT2D eigenvalue weighted by Crippen LogP contribution is -2.48. The molecule has 0 bridgehead atoms. The first-order chi connectivity index (χ1) is 21.4. The smallest absolute Gasteiger partial charge is 0.352 e. The lowest BCUT2D eigenvalue weighted by molar-refractivity contribution is -0.157. The summed E-state index contributed by atoms with van der Waals surface area (Å²) in [5, 5.41) is 10.0. The number of nitrogens with one attached hydrogen (secondary N) is 1. The minimum atomic E-state index is -1.06. The number of ether oxygens (including phenoxy) is 1. The van der Waals surface area contributed by atoms with E-state index >= 15 is 0 Å². The largest absolute Gasteiger partial charge is 0.477 e. The number of carbonyl (C=O) groups is 4. The predicted molar refractivity (Wildman–Crippen MR) is 167 cm³/mol. The van der Waals surface area contributed by atoms with Crippen LogP contribution in [0.2, 0.25) is 0 Å². The Balaban J connectivity index is 1.27. The molecule has 0 unspecified atom stereocenters. The molecule has 1 aliphatic heterocycles. The van der Waals surface area contributed by atoms with E-state index in [9.17, 15) is 28.7 Å². The summed E-state index contributed by atoms with van der Waals surface area (Å²) in [5.41, 5.74) is 0.610. The summed E-state index contributed by atoms with van der Waals surface area (Å²) in [5.74, 6) is -1.50. The highest BCUT2D eigenvalue weighted by Gasteiger charge is 2.46. The van der Waals surface area contributed by atoms with E-state index < -0.39 is 30.2 Å². The summed E-state index contributed by atoms with van der Waals surface area (Å²) in [6.07, 6.45) is 10.8. The molecular formula is C35H48FN3O6. The van der Waals surface area contributed by atoms with E-state index in [1.54, 1.807) is 39.1 Å². The Morgan fingerprint density at radius 2 is 1.76 bits per heavy atom. The van der Waals surface area contributed by atoms with Crippen molar-refractivity contribution in [3.8, 4) is 0 Å². The SMILES string of the molecule is CC(C)(C)OC(=O)C[C@H](CF)C1CCC(C(=O)N2CC[C@@H](C3CCCCC3)[C@H]2C(=O)Cc2cc3cc(C(=O)O)[nH]c3cn2)CC1. The van der Waals surface area contributed by atoms with Gasteiger partial charge in [0.15, 0.2) is 5.78 Å².